The minimum absolute atomic E-state index is 0.106. The first kappa shape index (κ1) is 31.8. The van der Waals surface area contributed by atoms with Crippen LogP contribution >= 0.6 is 0 Å². The van der Waals surface area contributed by atoms with Crippen molar-refractivity contribution in [3.63, 3.8) is 0 Å². The highest BCUT2D eigenvalue weighted by Gasteiger charge is 2.46. The van der Waals surface area contributed by atoms with Crippen molar-refractivity contribution in [2.24, 2.45) is 5.92 Å². The molecule has 8 rings (SSSR count). The van der Waals surface area contributed by atoms with E-state index in [-0.39, 0.29) is 10.8 Å². The third-order valence-corrected chi connectivity index (χ3v) is 12.1. The second kappa shape index (κ2) is 12.8. The van der Waals surface area contributed by atoms with Crippen molar-refractivity contribution in [1.29, 1.82) is 0 Å². The number of unbranched alkanes of at least 4 members (excludes halogenated alkanes) is 1. The molecule has 0 amide bonds. The van der Waals surface area contributed by atoms with Gasteiger partial charge in [0.15, 0.2) is 5.71 Å². The van der Waals surface area contributed by atoms with Crippen molar-refractivity contribution >= 4 is 38.6 Å². The van der Waals surface area contributed by atoms with E-state index in [1.54, 1.807) is 0 Å². The molecule has 1 fully saturated rings. The van der Waals surface area contributed by atoms with Crippen molar-refractivity contribution in [1.82, 2.24) is 0 Å². The van der Waals surface area contributed by atoms with Gasteiger partial charge in [-0.1, -0.05) is 123 Å². The van der Waals surface area contributed by atoms with E-state index in [2.05, 4.69) is 159 Å². The maximum Gasteiger partial charge on any atom is 0.210 e. The van der Waals surface area contributed by atoms with E-state index in [0.717, 1.165) is 18.9 Å². The van der Waals surface area contributed by atoms with Crippen LogP contribution in [0.4, 0.5) is 11.4 Å². The maximum atomic E-state index is 2.66. The minimum Gasteiger partial charge on any atom is -0.347 e. The van der Waals surface area contributed by atoms with Gasteiger partial charge in [-0.3, -0.25) is 0 Å². The Morgan fingerprint density at radius 2 is 1.39 bits per heavy atom. The number of benzene rings is 5. The second-order valence-corrected chi connectivity index (χ2v) is 15.6. The molecule has 2 heteroatoms. The number of rotatable bonds is 9. The molecule has 2 aliphatic heterocycles. The lowest BCUT2D eigenvalue weighted by Crippen LogP contribution is -2.29. The first-order valence-electron chi connectivity index (χ1n) is 18.7. The van der Waals surface area contributed by atoms with Crippen LogP contribution in [0.25, 0.3) is 21.5 Å². The normalized spacial score (nSPS) is 21.1. The highest BCUT2D eigenvalue weighted by Crippen LogP contribution is 2.52. The molecule has 0 N–H and O–H groups in total. The standard InChI is InChI=1S/C47H51N2/c1-46(2)42(49(32-15-14-19-34-17-8-9-18-34)41-31-29-36-22-10-12-24-38(36)44(41)46)26-16-27-43-47(3,33-35-20-6-5-7-21-35)45-39-25-13-11-23-37(39)28-30-40(45)48(43)4/h5-7,10-13,16,20-31,34H,8-9,14-15,17-19,32-33H2,1-4H3/q+1. The molecule has 248 valence electrons. The molecule has 3 aliphatic rings. The van der Waals surface area contributed by atoms with Gasteiger partial charge in [-0.15, -0.1) is 0 Å². The molecule has 5 aromatic rings. The van der Waals surface area contributed by atoms with E-state index < -0.39 is 0 Å². The van der Waals surface area contributed by atoms with Crippen LogP contribution < -0.4 is 4.90 Å². The van der Waals surface area contributed by atoms with Crippen molar-refractivity contribution in [2.45, 2.75) is 83.0 Å². The summed E-state index contributed by atoms with van der Waals surface area (Å²) in [6, 6.07) is 38.2. The van der Waals surface area contributed by atoms with Crippen LogP contribution in [0.3, 0.4) is 0 Å². The Kier molecular flexibility index (Phi) is 8.30. The summed E-state index contributed by atoms with van der Waals surface area (Å²) in [6.07, 6.45) is 17.9. The Morgan fingerprint density at radius 1 is 0.735 bits per heavy atom. The molecule has 2 nitrogen and oxygen atoms in total. The van der Waals surface area contributed by atoms with Crippen molar-refractivity contribution in [3.8, 4) is 0 Å². The predicted octanol–water partition coefficient (Wildman–Crippen LogP) is 11.8. The van der Waals surface area contributed by atoms with Gasteiger partial charge in [-0.25, -0.2) is 0 Å². The lowest BCUT2D eigenvalue weighted by Gasteiger charge is -2.29. The Labute approximate surface area is 293 Å². The highest BCUT2D eigenvalue weighted by molar-refractivity contribution is 6.07. The quantitative estimate of drug-likeness (QED) is 0.114. The van der Waals surface area contributed by atoms with Crippen molar-refractivity contribution in [2.75, 3.05) is 18.5 Å². The summed E-state index contributed by atoms with van der Waals surface area (Å²) in [5.41, 5.74) is 9.46. The molecule has 49 heavy (non-hydrogen) atoms. The minimum atomic E-state index is -0.175. The van der Waals surface area contributed by atoms with Gasteiger partial charge in [0.1, 0.15) is 6.54 Å². The van der Waals surface area contributed by atoms with E-state index >= 15 is 0 Å². The van der Waals surface area contributed by atoms with Gasteiger partial charge >= 0.3 is 0 Å². The van der Waals surface area contributed by atoms with Crippen LogP contribution in [0.15, 0.2) is 127 Å². The lowest BCUT2D eigenvalue weighted by atomic mass is 9.74. The fourth-order valence-corrected chi connectivity index (χ4v) is 9.73. The van der Waals surface area contributed by atoms with Gasteiger partial charge in [0, 0.05) is 48.0 Å². The van der Waals surface area contributed by atoms with Crippen molar-refractivity contribution < 1.29 is 4.58 Å². The molecule has 0 saturated heterocycles. The third-order valence-electron chi connectivity index (χ3n) is 12.1. The van der Waals surface area contributed by atoms with E-state index in [0.29, 0.717) is 0 Å². The van der Waals surface area contributed by atoms with Crippen LogP contribution in [0.2, 0.25) is 0 Å². The van der Waals surface area contributed by atoms with E-state index in [1.165, 1.54) is 106 Å². The molecular weight excluding hydrogens is 593 g/mol. The zero-order chi connectivity index (χ0) is 33.6. The SMILES string of the molecule is CN1/C(=C/C=C/C2=[N+](CCCCC3CCCC3)c3ccc4ccccc4c3C2(C)C)C(C)(Cc2ccccc2)c2c1ccc1ccccc21. The average molecular weight is 644 g/mol. The number of hydrogen-bond donors (Lipinski definition) is 0. The van der Waals surface area contributed by atoms with E-state index in [4.69, 9.17) is 0 Å². The molecule has 1 saturated carbocycles. The topological polar surface area (TPSA) is 6.25 Å². The monoisotopic (exact) mass is 643 g/mol. The van der Waals surface area contributed by atoms with Crippen LogP contribution in [0, 0.1) is 5.92 Å². The van der Waals surface area contributed by atoms with Gasteiger partial charge in [0.05, 0.1) is 5.41 Å². The largest absolute Gasteiger partial charge is 0.347 e. The summed E-state index contributed by atoms with van der Waals surface area (Å²) in [7, 11) is 2.26. The number of allylic oxidation sites excluding steroid dienone is 4. The fraction of sp³-hybridized carbons (Fsp3) is 0.340. The summed E-state index contributed by atoms with van der Waals surface area (Å²) in [6.45, 7) is 8.40. The summed E-state index contributed by atoms with van der Waals surface area (Å²) in [4.78, 5) is 2.45. The molecule has 0 aromatic heterocycles. The molecule has 0 bridgehead atoms. The summed E-state index contributed by atoms with van der Waals surface area (Å²) in [5, 5.41) is 5.38. The van der Waals surface area contributed by atoms with Gasteiger partial charge in [0.2, 0.25) is 5.69 Å². The van der Waals surface area contributed by atoms with Crippen LogP contribution in [0.1, 0.15) is 82.4 Å². The van der Waals surface area contributed by atoms with Crippen LogP contribution in [-0.2, 0) is 17.3 Å². The average Bonchev–Trinajstić information content (AvgIpc) is 3.77. The third kappa shape index (κ3) is 5.54. The Morgan fingerprint density at radius 3 is 2.12 bits per heavy atom. The zero-order valence-electron chi connectivity index (χ0n) is 29.9. The molecule has 0 spiro atoms. The maximum absolute atomic E-state index is 2.66. The van der Waals surface area contributed by atoms with Crippen LogP contribution in [0.5, 0.6) is 0 Å². The van der Waals surface area contributed by atoms with Gasteiger partial charge < -0.3 is 4.90 Å². The number of likely N-dealkylation sites (N-methyl/N-ethyl adjacent to an activating group) is 1. The summed E-state index contributed by atoms with van der Waals surface area (Å²) < 4.78 is 2.66. The Bertz CT molecular complexity index is 2110. The van der Waals surface area contributed by atoms with Crippen LogP contribution in [-0.4, -0.2) is 23.9 Å². The number of anilines is 1. The first-order valence-corrected chi connectivity index (χ1v) is 18.7. The highest BCUT2D eigenvalue weighted by atomic mass is 15.2. The molecule has 5 aromatic carbocycles. The fourth-order valence-electron chi connectivity index (χ4n) is 9.73. The van der Waals surface area contributed by atoms with E-state index in [1.807, 2.05) is 0 Å². The molecule has 2 heterocycles. The molecule has 1 unspecified atom stereocenters. The van der Waals surface area contributed by atoms with Gasteiger partial charge in [0.25, 0.3) is 0 Å². The number of nitrogens with zero attached hydrogens (tertiary/aromatic N) is 2. The molecule has 0 radical (unpaired) electrons. The summed E-state index contributed by atoms with van der Waals surface area (Å²) >= 11 is 0. The smallest absolute Gasteiger partial charge is 0.210 e. The number of hydrogen-bond acceptors (Lipinski definition) is 1. The second-order valence-electron chi connectivity index (χ2n) is 15.6. The zero-order valence-corrected chi connectivity index (χ0v) is 29.9. The molecule has 1 atom stereocenters. The number of fused-ring (bicyclic) bond motifs is 6. The Hall–Kier alpha value is -4.43. The first-order chi connectivity index (χ1) is 23.9. The van der Waals surface area contributed by atoms with Gasteiger partial charge in [-0.05, 0) is 90.4 Å². The predicted molar refractivity (Wildman–Crippen MR) is 210 cm³/mol. The van der Waals surface area contributed by atoms with Gasteiger partial charge in [-0.2, -0.15) is 4.58 Å². The molecular formula is C47H51N2+. The van der Waals surface area contributed by atoms with Crippen molar-refractivity contribution in [3.05, 3.63) is 144 Å². The Balaban J connectivity index is 1.20. The molecule has 1 aliphatic carbocycles. The lowest BCUT2D eigenvalue weighted by molar-refractivity contribution is -0.438. The summed E-state index contributed by atoms with van der Waals surface area (Å²) in [5.74, 6) is 0.955. The van der Waals surface area contributed by atoms with E-state index in [9.17, 15) is 0 Å².